The first-order valence-corrected chi connectivity index (χ1v) is 7.87. The van der Waals surface area contributed by atoms with E-state index in [9.17, 15) is 4.79 Å². The molecule has 2 heterocycles. The van der Waals surface area contributed by atoms with E-state index in [1.54, 1.807) is 4.57 Å². The molecule has 0 aliphatic rings. The van der Waals surface area contributed by atoms with E-state index >= 15 is 0 Å². The fourth-order valence-electron chi connectivity index (χ4n) is 1.85. The molecule has 21 heavy (non-hydrogen) atoms. The lowest BCUT2D eigenvalue weighted by Gasteiger charge is -2.10. The molecule has 0 spiro atoms. The van der Waals surface area contributed by atoms with Gasteiger partial charge in [-0.1, -0.05) is 13.8 Å². The number of rotatable bonds is 7. The fourth-order valence-corrected chi connectivity index (χ4v) is 2.75. The molecule has 0 saturated heterocycles. The summed E-state index contributed by atoms with van der Waals surface area (Å²) >= 11 is 1.38. The summed E-state index contributed by atoms with van der Waals surface area (Å²) in [5.41, 5.74) is 0.782. The maximum absolute atomic E-state index is 11.7. The molecule has 0 aliphatic heterocycles. The van der Waals surface area contributed by atoms with Crippen molar-refractivity contribution in [2.45, 2.75) is 50.3 Å². The molecule has 7 nitrogen and oxygen atoms in total. The highest BCUT2D eigenvalue weighted by atomic mass is 32.2. The third-order valence-corrected chi connectivity index (χ3v) is 4.04. The Labute approximate surface area is 127 Å². The van der Waals surface area contributed by atoms with Crippen molar-refractivity contribution in [2.75, 3.05) is 11.9 Å². The van der Waals surface area contributed by atoms with Gasteiger partial charge in [-0.3, -0.25) is 4.57 Å². The number of hydrogen-bond acceptors (Lipinski definition) is 6. The Morgan fingerprint density at radius 3 is 2.86 bits per heavy atom. The normalized spacial score (nSPS) is 10.8. The van der Waals surface area contributed by atoms with Gasteiger partial charge in [0.2, 0.25) is 0 Å². The third-order valence-electron chi connectivity index (χ3n) is 2.94. The maximum Gasteiger partial charge on any atom is 0.343 e. The quantitative estimate of drug-likeness (QED) is 0.761. The number of anilines is 1. The molecule has 0 fully saturated rings. The lowest BCUT2D eigenvalue weighted by atomic mass is 10.3. The molecular formula is C13H20N6OS. The first-order valence-electron chi connectivity index (χ1n) is 7.05. The molecular weight excluding hydrogens is 288 g/mol. The third kappa shape index (κ3) is 3.63. The summed E-state index contributed by atoms with van der Waals surface area (Å²) in [5.74, 6) is 0.828. The Balaban J connectivity index is 2.25. The van der Waals surface area contributed by atoms with Crippen LogP contribution in [0.15, 0.2) is 21.3 Å². The van der Waals surface area contributed by atoms with Crippen molar-refractivity contribution in [3.8, 4) is 0 Å². The average molecular weight is 308 g/mol. The molecule has 8 heteroatoms. The Morgan fingerprint density at radius 2 is 2.14 bits per heavy atom. The highest BCUT2D eigenvalue weighted by Crippen LogP contribution is 2.28. The topological polar surface area (TPSA) is 88.5 Å². The number of aromatic nitrogens is 5. The van der Waals surface area contributed by atoms with Crippen LogP contribution in [0.3, 0.4) is 0 Å². The van der Waals surface area contributed by atoms with Crippen LogP contribution in [0.1, 0.15) is 32.3 Å². The number of H-pyrrole nitrogens is 1. The van der Waals surface area contributed by atoms with Crippen LogP contribution >= 0.6 is 11.8 Å². The van der Waals surface area contributed by atoms with Crippen molar-refractivity contribution in [3.63, 3.8) is 0 Å². The Morgan fingerprint density at radius 1 is 1.33 bits per heavy atom. The van der Waals surface area contributed by atoms with Gasteiger partial charge in [-0.15, -0.1) is 5.10 Å². The first kappa shape index (κ1) is 15.6. The fraction of sp³-hybridized carbons (Fsp3) is 0.538. The molecule has 0 aliphatic carbocycles. The summed E-state index contributed by atoms with van der Waals surface area (Å²) < 4.78 is 1.63. The summed E-state index contributed by atoms with van der Waals surface area (Å²) in [7, 11) is 0. The molecule has 2 aromatic rings. The molecule has 0 aromatic carbocycles. The van der Waals surface area contributed by atoms with Gasteiger partial charge in [0, 0.05) is 18.7 Å². The summed E-state index contributed by atoms with van der Waals surface area (Å²) in [6, 6.07) is 0. The molecule has 2 aromatic heterocycles. The second-order valence-corrected chi connectivity index (χ2v) is 5.60. The minimum atomic E-state index is -0.185. The average Bonchev–Trinajstić information content (AvgIpc) is 2.82. The molecule has 0 unspecified atom stereocenters. The van der Waals surface area contributed by atoms with Gasteiger partial charge >= 0.3 is 5.69 Å². The van der Waals surface area contributed by atoms with Gasteiger partial charge in [0.25, 0.3) is 0 Å². The number of nitrogens with one attached hydrogen (secondary N) is 2. The van der Waals surface area contributed by atoms with Crippen molar-refractivity contribution in [2.24, 2.45) is 0 Å². The Hall–Kier alpha value is -1.83. The van der Waals surface area contributed by atoms with E-state index in [1.807, 2.05) is 13.8 Å². The zero-order valence-corrected chi connectivity index (χ0v) is 13.3. The molecule has 0 amide bonds. The zero-order valence-electron chi connectivity index (χ0n) is 12.5. The summed E-state index contributed by atoms with van der Waals surface area (Å²) in [6.07, 6.45) is 3.43. The van der Waals surface area contributed by atoms with Crippen molar-refractivity contribution < 1.29 is 0 Å². The van der Waals surface area contributed by atoms with E-state index in [0.717, 1.165) is 35.8 Å². The number of hydrogen-bond donors (Lipinski definition) is 2. The molecule has 2 N–H and O–H groups in total. The molecule has 0 saturated carbocycles. The van der Waals surface area contributed by atoms with Gasteiger partial charge in [-0.05, 0) is 31.5 Å². The second-order valence-electron chi connectivity index (χ2n) is 4.64. The second kappa shape index (κ2) is 7.26. The van der Waals surface area contributed by atoms with Gasteiger partial charge in [0.15, 0.2) is 5.16 Å². The van der Waals surface area contributed by atoms with Crippen LogP contribution in [-0.2, 0) is 6.54 Å². The van der Waals surface area contributed by atoms with Crippen LogP contribution in [0.4, 0.5) is 5.82 Å². The maximum atomic E-state index is 11.7. The highest BCUT2D eigenvalue weighted by Gasteiger charge is 2.13. The predicted octanol–water partition coefficient (Wildman–Crippen LogP) is 2.05. The van der Waals surface area contributed by atoms with Gasteiger partial charge in [0.05, 0.1) is 0 Å². The minimum absolute atomic E-state index is 0.185. The monoisotopic (exact) mass is 308 g/mol. The predicted molar refractivity (Wildman–Crippen MR) is 82.8 cm³/mol. The van der Waals surface area contributed by atoms with Crippen molar-refractivity contribution in [1.29, 1.82) is 0 Å². The lowest BCUT2D eigenvalue weighted by molar-refractivity contribution is 0.603. The van der Waals surface area contributed by atoms with Crippen molar-refractivity contribution in [1.82, 2.24) is 24.7 Å². The summed E-state index contributed by atoms with van der Waals surface area (Å²) in [4.78, 5) is 20.2. The van der Waals surface area contributed by atoms with Crippen LogP contribution < -0.4 is 11.0 Å². The van der Waals surface area contributed by atoms with Crippen LogP contribution in [0.25, 0.3) is 0 Å². The van der Waals surface area contributed by atoms with Crippen LogP contribution in [0.5, 0.6) is 0 Å². The molecule has 0 bridgehead atoms. The molecule has 114 valence electrons. The number of aromatic amines is 1. The van der Waals surface area contributed by atoms with Gasteiger partial charge in [-0.2, -0.15) is 0 Å². The van der Waals surface area contributed by atoms with E-state index in [4.69, 9.17) is 0 Å². The summed E-state index contributed by atoms with van der Waals surface area (Å²) in [5, 5.41) is 11.3. The largest absolute Gasteiger partial charge is 0.370 e. The van der Waals surface area contributed by atoms with E-state index in [1.165, 1.54) is 18.1 Å². The van der Waals surface area contributed by atoms with Crippen LogP contribution in [0, 0.1) is 6.92 Å². The van der Waals surface area contributed by atoms with Crippen molar-refractivity contribution in [3.05, 3.63) is 22.4 Å². The van der Waals surface area contributed by atoms with E-state index in [2.05, 4.69) is 32.4 Å². The SMILES string of the molecule is CCCNc1ncnc(Sc2n[nH]c(=O)n2CCC)c1C. The van der Waals surface area contributed by atoms with Crippen molar-refractivity contribution >= 4 is 17.6 Å². The van der Waals surface area contributed by atoms with E-state index < -0.39 is 0 Å². The molecule has 0 radical (unpaired) electrons. The number of nitrogens with zero attached hydrogens (tertiary/aromatic N) is 4. The van der Waals surface area contributed by atoms with Gasteiger partial charge in [-0.25, -0.2) is 19.9 Å². The van der Waals surface area contributed by atoms with Crippen LogP contribution in [0.2, 0.25) is 0 Å². The smallest absolute Gasteiger partial charge is 0.343 e. The van der Waals surface area contributed by atoms with Gasteiger partial charge < -0.3 is 5.32 Å². The minimum Gasteiger partial charge on any atom is -0.370 e. The standard InChI is InChI=1S/C13H20N6OS/c1-4-6-14-10-9(3)11(16-8-15-10)21-13-18-17-12(20)19(13)7-5-2/h8H,4-7H2,1-3H3,(H,17,20)(H,14,15,16). The lowest BCUT2D eigenvalue weighted by Crippen LogP contribution is -2.17. The van der Waals surface area contributed by atoms with E-state index in [0.29, 0.717) is 11.7 Å². The van der Waals surface area contributed by atoms with Gasteiger partial charge in [0.1, 0.15) is 17.2 Å². The summed E-state index contributed by atoms with van der Waals surface area (Å²) in [6.45, 7) is 7.60. The molecule has 0 atom stereocenters. The Bertz CT molecular complexity index is 650. The Kier molecular flexibility index (Phi) is 5.38. The van der Waals surface area contributed by atoms with Crippen LogP contribution in [-0.4, -0.2) is 31.3 Å². The first-order chi connectivity index (χ1) is 10.2. The zero-order chi connectivity index (χ0) is 15.2. The molecule has 2 rings (SSSR count). The highest BCUT2D eigenvalue weighted by molar-refractivity contribution is 7.99. The van der Waals surface area contributed by atoms with E-state index in [-0.39, 0.29) is 5.69 Å².